The van der Waals surface area contributed by atoms with E-state index in [4.69, 9.17) is 14.0 Å². The summed E-state index contributed by atoms with van der Waals surface area (Å²) in [6.07, 6.45) is 2.15. The smallest absolute Gasteiger partial charge is 0.276 e. The van der Waals surface area contributed by atoms with Crippen molar-refractivity contribution < 1.29 is 23.6 Å². The number of hydrogen-bond donors (Lipinski definition) is 0. The van der Waals surface area contributed by atoms with Gasteiger partial charge in [0.25, 0.3) is 5.91 Å². The van der Waals surface area contributed by atoms with Crippen LogP contribution in [0.3, 0.4) is 0 Å². The van der Waals surface area contributed by atoms with Crippen LogP contribution in [0.2, 0.25) is 0 Å². The third-order valence-corrected chi connectivity index (χ3v) is 6.27. The highest BCUT2D eigenvalue weighted by atomic mass is 16.5. The van der Waals surface area contributed by atoms with Crippen molar-refractivity contribution in [1.29, 1.82) is 0 Å². The molecule has 0 unspecified atom stereocenters. The monoisotopic (exact) mass is 456 g/mol. The van der Waals surface area contributed by atoms with Crippen LogP contribution in [-0.4, -0.2) is 97.8 Å². The fourth-order valence-electron chi connectivity index (χ4n) is 4.20. The summed E-state index contributed by atoms with van der Waals surface area (Å²) in [7, 11) is 3.66. The lowest BCUT2D eigenvalue weighted by Crippen LogP contribution is -2.48. The van der Waals surface area contributed by atoms with Crippen LogP contribution in [0.25, 0.3) is 11.3 Å². The lowest BCUT2D eigenvalue weighted by molar-refractivity contribution is -0.133. The molecule has 0 radical (unpaired) electrons. The minimum atomic E-state index is -0.255. The molecule has 178 valence electrons. The quantitative estimate of drug-likeness (QED) is 0.601. The van der Waals surface area contributed by atoms with Gasteiger partial charge in [-0.1, -0.05) is 17.3 Å². The van der Waals surface area contributed by atoms with Crippen molar-refractivity contribution in [1.82, 2.24) is 19.9 Å². The van der Waals surface area contributed by atoms with Crippen LogP contribution in [0.15, 0.2) is 34.9 Å². The zero-order valence-corrected chi connectivity index (χ0v) is 19.4. The van der Waals surface area contributed by atoms with E-state index < -0.39 is 0 Å². The summed E-state index contributed by atoms with van der Waals surface area (Å²) in [5, 5.41) is 4.02. The van der Waals surface area contributed by atoms with Crippen LogP contribution in [0, 0.1) is 0 Å². The summed E-state index contributed by atoms with van der Waals surface area (Å²) in [5.41, 5.74) is 0.995. The first kappa shape index (κ1) is 23.3. The maximum absolute atomic E-state index is 13.3. The zero-order valence-electron chi connectivity index (χ0n) is 19.4. The van der Waals surface area contributed by atoms with Crippen molar-refractivity contribution in [2.75, 3.05) is 60.0 Å². The van der Waals surface area contributed by atoms with E-state index >= 15 is 0 Å². The van der Waals surface area contributed by atoms with E-state index in [-0.39, 0.29) is 30.0 Å². The highest BCUT2D eigenvalue weighted by Gasteiger charge is 2.27. The number of benzene rings is 1. The van der Waals surface area contributed by atoms with Crippen molar-refractivity contribution in [3.05, 3.63) is 36.0 Å². The molecule has 1 aromatic heterocycles. The van der Waals surface area contributed by atoms with Crippen LogP contribution in [0.1, 0.15) is 29.8 Å². The molecule has 33 heavy (non-hydrogen) atoms. The molecule has 1 aromatic carbocycles. The van der Waals surface area contributed by atoms with E-state index in [0.29, 0.717) is 31.2 Å². The van der Waals surface area contributed by atoms with Gasteiger partial charge in [-0.25, -0.2) is 0 Å². The first-order valence-electron chi connectivity index (χ1n) is 11.5. The fourth-order valence-corrected chi connectivity index (χ4v) is 4.20. The van der Waals surface area contributed by atoms with Gasteiger partial charge in [0.15, 0.2) is 11.5 Å². The Morgan fingerprint density at radius 1 is 1.21 bits per heavy atom. The molecule has 0 saturated carbocycles. The number of methoxy groups -OCH3 is 1. The number of aromatic nitrogens is 1. The Morgan fingerprint density at radius 2 is 2.03 bits per heavy atom. The lowest BCUT2D eigenvalue weighted by atomic mass is 10.1. The van der Waals surface area contributed by atoms with Crippen molar-refractivity contribution in [2.24, 2.45) is 0 Å². The van der Waals surface area contributed by atoms with Gasteiger partial charge in [0.05, 0.1) is 13.2 Å². The molecule has 2 aromatic rings. The molecule has 2 aliphatic heterocycles. The van der Waals surface area contributed by atoms with Gasteiger partial charge in [-0.2, -0.15) is 0 Å². The first-order chi connectivity index (χ1) is 16.0. The Kier molecular flexibility index (Phi) is 7.61. The average molecular weight is 457 g/mol. The molecule has 9 heteroatoms. The van der Waals surface area contributed by atoms with Gasteiger partial charge in [0.2, 0.25) is 5.91 Å². The molecule has 9 nitrogen and oxygen atoms in total. The zero-order chi connectivity index (χ0) is 23.2. The third kappa shape index (κ3) is 5.91. The van der Waals surface area contributed by atoms with Crippen molar-refractivity contribution >= 4 is 11.8 Å². The SMILES string of the molecule is COc1cccc(-c2cc(C(=O)N(CCC(=O)N3CCN(C)CC3)C[C@H]3CCCO3)no2)c1. The second-order valence-corrected chi connectivity index (χ2v) is 8.63. The number of rotatable bonds is 8. The number of nitrogens with zero attached hydrogens (tertiary/aromatic N) is 4. The highest BCUT2D eigenvalue weighted by Crippen LogP contribution is 2.25. The number of carbonyl (C=O) groups excluding carboxylic acids is 2. The van der Waals surface area contributed by atoms with Gasteiger partial charge in [-0.05, 0) is 32.0 Å². The molecule has 2 saturated heterocycles. The molecule has 4 rings (SSSR count). The van der Waals surface area contributed by atoms with Crippen molar-refractivity contribution in [2.45, 2.75) is 25.4 Å². The Hall–Kier alpha value is -2.91. The number of likely N-dealkylation sites (N-methyl/N-ethyl adjacent to an activating group) is 1. The standard InChI is InChI=1S/C24H32N4O5/c1-26-10-12-27(13-11-26)23(29)8-9-28(17-20-7-4-14-32-20)24(30)21-16-22(33-25-21)18-5-3-6-19(15-18)31-2/h3,5-6,15-16,20H,4,7-14,17H2,1-2H3/t20-/m1/s1. The maximum Gasteiger partial charge on any atom is 0.276 e. The summed E-state index contributed by atoms with van der Waals surface area (Å²) < 4.78 is 16.5. The largest absolute Gasteiger partial charge is 0.497 e. The summed E-state index contributed by atoms with van der Waals surface area (Å²) in [6.45, 7) is 4.66. The summed E-state index contributed by atoms with van der Waals surface area (Å²) in [5.74, 6) is 1.00. The van der Waals surface area contributed by atoms with Gasteiger partial charge in [0, 0.05) is 63.9 Å². The number of ether oxygens (including phenoxy) is 2. The molecule has 2 aliphatic rings. The molecule has 0 spiro atoms. The number of amides is 2. The molecular formula is C24H32N4O5. The second kappa shape index (κ2) is 10.8. The van der Waals surface area contributed by atoms with Crippen LogP contribution >= 0.6 is 0 Å². The van der Waals surface area contributed by atoms with Gasteiger partial charge in [0.1, 0.15) is 5.75 Å². The number of hydrogen-bond acceptors (Lipinski definition) is 7. The predicted octanol–water partition coefficient (Wildman–Crippen LogP) is 2.14. The van der Waals surface area contributed by atoms with E-state index in [1.807, 2.05) is 29.2 Å². The Bertz CT molecular complexity index is 948. The van der Waals surface area contributed by atoms with Crippen LogP contribution in [-0.2, 0) is 9.53 Å². The third-order valence-electron chi connectivity index (χ3n) is 6.27. The Morgan fingerprint density at radius 3 is 2.76 bits per heavy atom. The molecule has 0 aliphatic carbocycles. The molecule has 2 amide bonds. The lowest BCUT2D eigenvalue weighted by Gasteiger charge is -2.33. The normalized spacial score (nSPS) is 19.0. The molecule has 0 bridgehead atoms. The van der Waals surface area contributed by atoms with Crippen LogP contribution in [0.4, 0.5) is 0 Å². The number of carbonyl (C=O) groups is 2. The summed E-state index contributed by atoms with van der Waals surface area (Å²) in [6, 6.07) is 9.03. The molecule has 1 atom stereocenters. The van der Waals surface area contributed by atoms with Crippen LogP contribution < -0.4 is 4.74 Å². The van der Waals surface area contributed by atoms with E-state index in [0.717, 1.165) is 44.6 Å². The highest BCUT2D eigenvalue weighted by molar-refractivity contribution is 5.93. The molecular weight excluding hydrogens is 424 g/mol. The van der Waals surface area contributed by atoms with E-state index in [2.05, 4.69) is 17.1 Å². The van der Waals surface area contributed by atoms with Gasteiger partial charge in [-0.3, -0.25) is 9.59 Å². The number of piperazine rings is 1. The van der Waals surface area contributed by atoms with Crippen molar-refractivity contribution in [3.63, 3.8) is 0 Å². The Balaban J connectivity index is 1.44. The summed E-state index contributed by atoms with van der Waals surface area (Å²) >= 11 is 0. The maximum atomic E-state index is 13.3. The van der Waals surface area contributed by atoms with E-state index in [1.165, 1.54) is 0 Å². The van der Waals surface area contributed by atoms with E-state index in [1.54, 1.807) is 18.1 Å². The Labute approximate surface area is 194 Å². The van der Waals surface area contributed by atoms with E-state index in [9.17, 15) is 9.59 Å². The molecule has 2 fully saturated rings. The average Bonchev–Trinajstić information content (AvgIpc) is 3.54. The topological polar surface area (TPSA) is 88.4 Å². The fraction of sp³-hybridized carbons (Fsp3) is 0.542. The predicted molar refractivity (Wildman–Crippen MR) is 122 cm³/mol. The van der Waals surface area contributed by atoms with Crippen LogP contribution in [0.5, 0.6) is 5.75 Å². The minimum absolute atomic E-state index is 0.0163. The first-order valence-corrected chi connectivity index (χ1v) is 11.5. The minimum Gasteiger partial charge on any atom is -0.497 e. The van der Waals surface area contributed by atoms with Crippen molar-refractivity contribution in [3.8, 4) is 17.1 Å². The second-order valence-electron chi connectivity index (χ2n) is 8.63. The molecule has 0 N–H and O–H groups in total. The van der Waals surface area contributed by atoms with Gasteiger partial charge < -0.3 is 28.7 Å². The molecule has 3 heterocycles. The summed E-state index contributed by atoms with van der Waals surface area (Å²) in [4.78, 5) is 31.8. The van der Waals surface area contributed by atoms with Gasteiger partial charge in [-0.15, -0.1) is 0 Å². The van der Waals surface area contributed by atoms with Gasteiger partial charge >= 0.3 is 0 Å².